The molecule has 0 aliphatic rings. The minimum absolute atomic E-state index is 0.000260. The molecule has 0 fully saturated rings. The van der Waals surface area contributed by atoms with E-state index in [-0.39, 0.29) is 5.57 Å². The van der Waals surface area contributed by atoms with E-state index >= 15 is 0 Å². The molecule has 0 atom stereocenters. The first-order chi connectivity index (χ1) is 15.1. The quantitative estimate of drug-likeness (QED) is 0.134. The zero-order valence-electron chi connectivity index (χ0n) is 17.0. The van der Waals surface area contributed by atoms with E-state index in [1.807, 2.05) is 24.3 Å². The molecule has 31 heavy (non-hydrogen) atoms. The molecule has 0 N–H and O–H groups in total. The third kappa shape index (κ3) is 4.93. The van der Waals surface area contributed by atoms with Crippen LogP contribution in [0.1, 0.15) is 0 Å². The summed E-state index contributed by atoms with van der Waals surface area (Å²) in [5.41, 5.74) is -0.000260. The summed E-state index contributed by atoms with van der Waals surface area (Å²) in [4.78, 5) is 11.6. The van der Waals surface area contributed by atoms with Crippen LogP contribution in [-0.4, -0.2) is 13.1 Å². The average molecular weight is 599 g/mol. The van der Waals surface area contributed by atoms with Crippen LogP contribution in [0.3, 0.4) is 0 Å². The minimum atomic E-state index is -2.25. The van der Waals surface area contributed by atoms with Crippen LogP contribution in [0, 0.1) is 17.0 Å². The number of carbonyl (C=O) groups excluding carboxylic acids is 1. The van der Waals surface area contributed by atoms with Crippen molar-refractivity contribution in [3.8, 4) is 4.37 Å². The first-order valence-corrected chi connectivity index (χ1v) is 12.6. The van der Waals surface area contributed by atoms with Gasteiger partial charge in [0, 0.05) is 0 Å². The van der Waals surface area contributed by atoms with Crippen molar-refractivity contribution < 1.29 is 27.5 Å². The van der Waals surface area contributed by atoms with Crippen LogP contribution in [0.2, 0.25) is 0 Å². The number of rotatable bonds is 7. The Morgan fingerprint density at radius 2 is 1.32 bits per heavy atom. The topological polar surface area (TPSA) is 26.3 Å². The van der Waals surface area contributed by atoms with E-state index in [9.17, 15) is 4.79 Å². The molecule has 0 saturated heterocycles. The Bertz CT molecular complexity index is 1050. The number of ether oxygens (including phenoxy) is 1. The number of esters is 1. The van der Waals surface area contributed by atoms with E-state index in [1.165, 1.54) is 29.1 Å². The molecule has 0 aliphatic carbocycles. The van der Waals surface area contributed by atoms with Gasteiger partial charge in [0.2, 0.25) is 0 Å². The van der Waals surface area contributed by atoms with Crippen LogP contribution in [0.5, 0.6) is 0 Å². The predicted octanol–water partition coefficient (Wildman–Crippen LogP) is 4.26. The molecule has 0 unspecified atom stereocenters. The molecule has 0 aliphatic heterocycles. The van der Waals surface area contributed by atoms with Gasteiger partial charge in [-0.05, 0) is 0 Å². The summed E-state index contributed by atoms with van der Waals surface area (Å²) >= 11 is 1.67. The molecule has 3 rings (SSSR count). The van der Waals surface area contributed by atoms with Crippen LogP contribution in [0.25, 0.3) is 0 Å². The molecule has 0 spiro atoms. The summed E-state index contributed by atoms with van der Waals surface area (Å²) in [5.74, 6) is -0.580. The Labute approximate surface area is 194 Å². The number of hydrogen-bond acceptors (Lipinski definition) is 2. The molecule has 0 radical (unpaired) electrons. The fourth-order valence-corrected chi connectivity index (χ4v) is 8.82. The van der Waals surface area contributed by atoms with E-state index in [0.29, 0.717) is 0 Å². The van der Waals surface area contributed by atoms with Gasteiger partial charge >= 0.3 is 195 Å². The van der Waals surface area contributed by atoms with Gasteiger partial charge in [0.25, 0.3) is 0 Å². The van der Waals surface area contributed by atoms with Gasteiger partial charge in [-0.25, -0.2) is 0 Å². The van der Waals surface area contributed by atoms with E-state index in [0.717, 1.165) is 5.31 Å². The molecule has 0 bridgehead atoms. The van der Waals surface area contributed by atoms with Crippen LogP contribution < -0.4 is 15.9 Å². The maximum absolute atomic E-state index is 11.6. The second kappa shape index (κ2) is 11.0. The predicted molar refractivity (Wildman–Crippen MR) is 125 cm³/mol. The SMILES string of the molecule is [CH-]=C(C=[C-]/C=C(\[C]#[Os])[P+](c1ccccc1)(c1ccccc1)c1ccccc1)C(=O)OC. The van der Waals surface area contributed by atoms with Crippen molar-refractivity contribution in [1.29, 1.82) is 0 Å². The number of benzene rings is 3. The summed E-state index contributed by atoms with van der Waals surface area (Å²) in [6, 6.07) is 31.5. The molecule has 0 amide bonds. The molecule has 2 nitrogen and oxygen atoms in total. The maximum atomic E-state index is 11.6. The molecule has 3 aromatic carbocycles. The average Bonchev–Trinajstić information content (AvgIpc) is 2.84. The third-order valence-corrected chi connectivity index (χ3v) is 10.1. The molecular weight excluding hydrogens is 577 g/mol. The Morgan fingerprint density at radius 3 is 1.68 bits per heavy atom. The van der Waals surface area contributed by atoms with E-state index in [4.69, 9.17) is 6.58 Å². The Kier molecular flexibility index (Phi) is 8.11. The summed E-state index contributed by atoms with van der Waals surface area (Å²) < 4.78 is 8.12. The van der Waals surface area contributed by atoms with Crippen LogP contribution in [0.4, 0.5) is 0 Å². The van der Waals surface area contributed by atoms with Gasteiger partial charge in [0.15, 0.2) is 0 Å². The molecular formula is C27H21O2OsP-. The van der Waals surface area contributed by atoms with Crippen molar-refractivity contribution in [2.24, 2.45) is 0 Å². The van der Waals surface area contributed by atoms with Gasteiger partial charge in [0.05, 0.1) is 0 Å². The standard InChI is InChI=1S/C27H21O2P.Os/c1-22(27(28)29-3)14-13-15-23(2)30(24-16-7-4-8-17-24,25-18-9-5-10-19-25)26-20-11-6-12-21-26;/h1,4-12,14-21H,3H3;/q-1;/b23-15+;. The second-order valence-corrected chi connectivity index (χ2v) is 10.6. The monoisotopic (exact) mass is 600 g/mol. The van der Waals surface area contributed by atoms with Crippen molar-refractivity contribution in [2.45, 2.75) is 0 Å². The molecule has 155 valence electrons. The van der Waals surface area contributed by atoms with Crippen LogP contribution in [0.15, 0.2) is 114 Å². The van der Waals surface area contributed by atoms with E-state index in [2.05, 4.69) is 88.0 Å². The number of methoxy groups -OCH3 is 1. The Morgan fingerprint density at radius 1 is 0.903 bits per heavy atom. The first kappa shape index (κ1) is 22.9. The van der Waals surface area contributed by atoms with Crippen molar-refractivity contribution >= 4 is 29.1 Å². The molecule has 3 aromatic rings. The van der Waals surface area contributed by atoms with Crippen LogP contribution >= 0.6 is 7.26 Å². The Hall–Kier alpha value is -2.80. The van der Waals surface area contributed by atoms with Gasteiger partial charge < -0.3 is 0 Å². The summed E-state index contributed by atoms with van der Waals surface area (Å²) in [6.45, 7) is 5.78. The summed E-state index contributed by atoms with van der Waals surface area (Å²) in [6.07, 6.45) is 6.41. The van der Waals surface area contributed by atoms with Gasteiger partial charge in [-0.15, -0.1) is 0 Å². The summed E-state index contributed by atoms with van der Waals surface area (Å²) in [5, 5.41) is 4.64. The van der Waals surface area contributed by atoms with E-state index in [1.54, 1.807) is 17.9 Å². The third-order valence-electron chi connectivity index (χ3n) is 4.76. The first-order valence-electron chi connectivity index (χ1n) is 9.56. The van der Waals surface area contributed by atoms with Crippen molar-refractivity contribution in [3.63, 3.8) is 0 Å². The van der Waals surface area contributed by atoms with Crippen LogP contribution in [-0.2, 0) is 27.5 Å². The van der Waals surface area contributed by atoms with Gasteiger partial charge in [-0.3, -0.25) is 0 Å². The number of carbonyl (C=O) groups is 1. The zero-order valence-corrected chi connectivity index (χ0v) is 20.4. The Balaban J connectivity index is 2.30. The molecule has 0 heterocycles. The molecule has 0 saturated carbocycles. The number of allylic oxidation sites excluding steroid dienone is 3. The van der Waals surface area contributed by atoms with Gasteiger partial charge in [0.1, 0.15) is 0 Å². The number of hydrogen-bond donors (Lipinski definition) is 0. The molecule has 0 aromatic heterocycles. The summed E-state index contributed by atoms with van der Waals surface area (Å²) in [7, 11) is -0.944. The van der Waals surface area contributed by atoms with E-state index < -0.39 is 13.2 Å². The fraction of sp³-hybridized carbons (Fsp3) is 0.0370. The second-order valence-electron chi connectivity index (χ2n) is 6.55. The van der Waals surface area contributed by atoms with Crippen molar-refractivity contribution in [1.82, 2.24) is 0 Å². The van der Waals surface area contributed by atoms with Crippen molar-refractivity contribution in [2.75, 3.05) is 7.11 Å². The van der Waals surface area contributed by atoms with Gasteiger partial charge in [-0.2, -0.15) is 0 Å². The van der Waals surface area contributed by atoms with Gasteiger partial charge in [-0.1, -0.05) is 0 Å². The van der Waals surface area contributed by atoms with Crippen molar-refractivity contribution in [3.05, 3.63) is 127 Å². The normalized spacial score (nSPS) is 11.7. The zero-order chi connectivity index (χ0) is 22.1. The molecule has 4 heteroatoms. The fourth-order valence-electron chi connectivity index (χ4n) is 3.39.